The highest BCUT2D eigenvalue weighted by atomic mass is 16.5. The van der Waals surface area contributed by atoms with Gasteiger partial charge in [0, 0.05) is 12.3 Å². The Morgan fingerprint density at radius 1 is 1.05 bits per heavy atom. The van der Waals surface area contributed by atoms with E-state index in [0.717, 1.165) is 12.0 Å². The predicted molar refractivity (Wildman–Crippen MR) is 85.0 cm³/mol. The number of esters is 1. The second-order valence-corrected chi connectivity index (χ2v) is 5.54. The van der Waals surface area contributed by atoms with Crippen molar-refractivity contribution in [2.24, 2.45) is 0 Å². The number of benzene rings is 2. The molecule has 2 rings (SSSR count). The zero-order valence-corrected chi connectivity index (χ0v) is 12.9. The lowest BCUT2D eigenvalue weighted by Gasteiger charge is -2.37. The van der Waals surface area contributed by atoms with Crippen molar-refractivity contribution in [1.29, 1.82) is 0 Å². The summed E-state index contributed by atoms with van der Waals surface area (Å²) in [5, 5.41) is 0. The standard InChI is InChI=1S/C19H22O2/c1-4-19(3,17-13-9-6-10-14-17)18(21-15(2)20)16-11-7-5-8-12-16/h5-14,18H,4H2,1-3H3. The van der Waals surface area contributed by atoms with E-state index in [2.05, 4.69) is 26.0 Å². The predicted octanol–water partition coefficient (Wildman–Crippen LogP) is 4.66. The van der Waals surface area contributed by atoms with Crippen LogP contribution in [0.5, 0.6) is 0 Å². The molecular formula is C19H22O2. The molecule has 0 aliphatic heterocycles. The summed E-state index contributed by atoms with van der Waals surface area (Å²) in [6.07, 6.45) is 0.590. The number of hydrogen-bond acceptors (Lipinski definition) is 2. The highest BCUT2D eigenvalue weighted by Gasteiger charge is 2.37. The molecule has 2 aromatic carbocycles. The van der Waals surface area contributed by atoms with Crippen LogP contribution < -0.4 is 0 Å². The molecule has 0 aliphatic carbocycles. The molecule has 0 amide bonds. The van der Waals surface area contributed by atoms with Crippen LogP contribution in [-0.4, -0.2) is 5.97 Å². The zero-order chi connectivity index (χ0) is 15.3. The Morgan fingerprint density at radius 2 is 1.57 bits per heavy atom. The van der Waals surface area contributed by atoms with Crippen LogP contribution in [0.25, 0.3) is 0 Å². The van der Waals surface area contributed by atoms with Crippen molar-refractivity contribution >= 4 is 5.97 Å². The molecule has 0 radical (unpaired) electrons. The highest BCUT2D eigenvalue weighted by molar-refractivity contribution is 5.66. The van der Waals surface area contributed by atoms with Gasteiger partial charge in [0.25, 0.3) is 0 Å². The monoisotopic (exact) mass is 282 g/mol. The van der Waals surface area contributed by atoms with Crippen LogP contribution in [-0.2, 0) is 14.9 Å². The molecule has 110 valence electrons. The molecule has 0 spiro atoms. The molecule has 0 fully saturated rings. The summed E-state index contributed by atoms with van der Waals surface area (Å²) in [6.45, 7) is 5.76. The van der Waals surface area contributed by atoms with Crippen molar-refractivity contribution in [3.63, 3.8) is 0 Å². The first kappa shape index (κ1) is 15.3. The maximum atomic E-state index is 11.6. The largest absolute Gasteiger partial charge is 0.457 e. The number of ether oxygens (including phenoxy) is 1. The van der Waals surface area contributed by atoms with Crippen molar-refractivity contribution in [3.05, 3.63) is 71.8 Å². The SMILES string of the molecule is CCC(C)(c1ccccc1)C(OC(C)=O)c1ccccc1. The molecule has 0 N–H and O–H groups in total. The van der Waals surface area contributed by atoms with Gasteiger partial charge in [-0.15, -0.1) is 0 Å². The van der Waals surface area contributed by atoms with E-state index in [-0.39, 0.29) is 17.5 Å². The minimum atomic E-state index is -0.288. The van der Waals surface area contributed by atoms with Gasteiger partial charge in [-0.3, -0.25) is 4.79 Å². The lowest BCUT2D eigenvalue weighted by molar-refractivity contribution is -0.150. The summed E-state index contributed by atoms with van der Waals surface area (Å²) in [7, 11) is 0. The third-order valence-electron chi connectivity index (χ3n) is 4.13. The molecule has 2 atom stereocenters. The molecule has 2 unspecified atom stereocenters. The highest BCUT2D eigenvalue weighted by Crippen LogP contribution is 2.42. The second kappa shape index (κ2) is 6.57. The lowest BCUT2D eigenvalue weighted by Crippen LogP contribution is -2.32. The van der Waals surface area contributed by atoms with Crippen molar-refractivity contribution in [2.75, 3.05) is 0 Å². The molecule has 2 nitrogen and oxygen atoms in total. The number of carbonyl (C=O) groups is 1. The van der Waals surface area contributed by atoms with Crippen molar-refractivity contribution in [2.45, 2.75) is 38.7 Å². The Kier molecular flexibility index (Phi) is 4.79. The third-order valence-corrected chi connectivity index (χ3v) is 4.13. The topological polar surface area (TPSA) is 26.3 Å². The normalized spacial score (nSPS) is 15.0. The average Bonchev–Trinajstić information content (AvgIpc) is 2.53. The lowest BCUT2D eigenvalue weighted by atomic mass is 9.73. The molecule has 21 heavy (non-hydrogen) atoms. The van der Waals surface area contributed by atoms with Crippen molar-refractivity contribution in [3.8, 4) is 0 Å². The van der Waals surface area contributed by atoms with E-state index in [1.165, 1.54) is 12.5 Å². The fourth-order valence-electron chi connectivity index (χ4n) is 2.72. The summed E-state index contributed by atoms with van der Waals surface area (Å²) in [4.78, 5) is 11.6. The molecule has 0 heterocycles. The molecule has 0 aromatic heterocycles. The van der Waals surface area contributed by atoms with Gasteiger partial charge >= 0.3 is 5.97 Å². The van der Waals surface area contributed by atoms with Crippen LogP contribution in [0.4, 0.5) is 0 Å². The number of rotatable bonds is 5. The van der Waals surface area contributed by atoms with Gasteiger partial charge in [0.2, 0.25) is 0 Å². The van der Waals surface area contributed by atoms with E-state index >= 15 is 0 Å². The smallest absolute Gasteiger partial charge is 0.303 e. The van der Waals surface area contributed by atoms with Gasteiger partial charge < -0.3 is 4.74 Å². The van der Waals surface area contributed by atoms with E-state index in [4.69, 9.17) is 4.74 Å². The van der Waals surface area contributed by atoms with E-state index in [0.29, 0.717) is 0 Å². The molecule has 0 bridgehead atoms. The first-order valence-corrected chi connectivity index (χ1v) is 7.35. The minimum Gasteiger partial charge on any atom is -0.457 e. The summed E-state index contributed by atoms with van der Waals surface area (Å²) in [6, 6.07) is 20.2. The first-order chi connectivity index (χ1) is 10.1. The Bertz CT molecular complexity index is 577. The molecular weight excluding hydrogens is 260 g/mol. The molecule has 0 aliphatic rings. The van der Waals surface area contributed by atoms with Gasteiger partial charge in [-0.05, 0) is 17.5 Å². The maximum Gasteiger partial charge on any atom is 0.303 e. The van der Waals surface area contributed by atoms with E-state index in [9.17, 15) is 4.79 Å². The second-order valence-electron chi connectivity index (χ2n) is 5.54. The quantitative estimate of drug-likeness (QED) is 0.746. The zero-order valence-electron chi connectivity index (χ0n) is 12.9. The van der Waals surface area contributed by atoms with Gasteiger partial charge in [0.15, 0.2) is 0 Å². The number of carbonyl (C=O) groups excluding carboxylic acids is 1. The van der Waals surface area contributed by atoms with Crippen LogP contribution in [0, 0.1) is 0 Å². The van der Waals surface area contributed by atoms with Crippen LogP contribution in [0.15, 0.2) is 60.7 Å². The van der Waals surface area contributed by atoms with Crippen molar-refractivity contribution < 1.29 is 9.53 Å². The van der Waals surface area contributed by atoms with Gasteiger partial charge in [-0.25, -0.2) is 0 Å². The fourth-order valence-corrected chi connectivity index (χ4v) is 2.72. The van der Waals surface area contributed by atoms with Crippen LogP contribution >= 0.6 is 0 Å². The fraction of sp³-hybridized carbons (Fsp3) is 0.316. The summed E-state index contributed by atoms with van der Waals surface area (Å²) in [5.41, 5.74) is 1.96. The van der Waals surface area contributed by atoms with E-state index in [1.807, 2.05) is 48.5 Å². The summed E-state index contributed by atoms with van der Waals surface area (Å²) in [5.74, 6) is -0.251. The maximum absolute atomic E-state index is 11.6. The van der Waals surface area contributed by atoms with Gasteiger partial charge in [-0.1, -0.05) is 74.5 Å². The Hall–Kier alpha value is -2.09. The van der Waals surface area contributed by atoms with Crippen LogP contribution in [0.3, 0.4) is 0 Å². The molecule has 0 saturated heterocycles. The first-order valence-electron chi connectivity index (χ1n) is 7.35. The number of hydrogen-bond donors (Lipinski definition) is 0. The Morgan fingerprint density at radius 3 is 2.05 bits per heavy atom. The molecule has 2 aromatic rings. The van der Waals surface area contributed by atoms with E-state index < -0.39 is 0 Å². The van der Waals surface area contributed by atoms with Crippen LogP contribution in [0.2, 0.25) is 0 Å². The van der Waals surface area contributed by atoms with Crippen molar-refractivity contribution in [1.82, 2.24) is 0 Å². The Labute approximate surface area is 126 Å². The third kappa shape index (κ3) is 3.33. The van der Waals surface area contributed by atoms with Crippen LogP contribution in [0.1, 0.15) is 44.4 Å². The summed E-state index contributed by atoms with van der Waals surface area (Å²) < 4.78 is 5.71. The molecule has 0 saturated carbocycles. The summed E-state index contributed by atoms with van der Waals surface area (Å²) >= 11 is 0. The van der Waals surface area contributed by atoms with Gasteiger partial charge in [-0.2, -0.15) is 0 Å². The Balaban J connectivity index is 2.49. The van der Waals surface area contributed by atoms with Gasteiger partial charge in [0.05, 0.1) is 0 Å². The molecule has 2 heteroatoms. The van der Waals surface area contributed by atoms with E-state index in [1.54, 1.807) is 0 Å². The van der Waals surface area contributed by atoms with Gasteiger partial charge in [0.1, 0.15) is 6.10 Å². The minimum absolute atomic E-state index is 0.251. The average molecular weight is 282 g/mol.